The lowest BCUT2D eigenvalue weighted by molar-refractivity contribution is -0.116. The van der Waals surface area contributed by atoms with Gasteiger partial charge in [0.1, 0.15) is 10.8 Å². The number of nitrogens with zero attached hydrogens (tertiary/aromatic N) is 2. The maximum atomic E-state index is 10.5. The number of hydrogen-bond donors (Lipinski definition) is 1. The molecular formula is C5H7N3OS. The molecule has 4 nitrogen and oxygen atoms in total. The number of aromatic nitrogens is 2. The Hall–Kier alpha value is -0.970. The standard InChI is InChI=1S/C5H7N3OS/c1-3(9)2-4-7-8-5(6)10-4/h2H2,1H3,(H2,6,8). The summed E-state index contributed by atoms with van der Waals surface area (Å²) >= 11 is 1.25. The summed E-state index contributed by atoms with van der Waals surface area (Å²) in [6, 6.07) is 0. The number of nitrogens with two attached hydrogens (primary N) is 1. The molecule has 0 unspecified atom stereocenters. The highest BCUT2D eigenvalue weighted by Crippen LogP contribution is 2.10. The Balaban J connectivity index is 2.67. The van der Waals surface area contributed by atoms with E-state index in [1.54, 1.807) is 0 Å². The molecule has 0 fully saturated rings. The van der Waals surface area contributed by atoms with Gasteiger partial charge in [-0.25, -0.2) is 0 Å². The zero-order valence-corrected chi connectivity index (χ0v) is 6.31. The van der Waals surface area contributed by atoms with Gasteiger partial charge in [0.25, 0.3) is 0 Å². The SMILES string of the molecule is CC(=O)Cc1nnc(N)s1. The fourth-order valence-corrected chi connectivity index (χ4v) is 1.23. The molecule has 1 aromatic heterocycles. The van der Waals surface area contributed by atoms with Gasteiger partial charge in [0.2, 0.25) is 5.13 Å². The Morgan fingerprint density at radius 1 is 1.70 bits per heavy atom. The molecule has 0 radical (unpaired) electrons. The van der Waals surface area contributed by atoms with Gasteiger partial charge in [0, 0.05) is 0 Å². The molecule has 1 rings (SSSR count). The van der Waals surface area contributed by atoms with Crippen molar-refractivity contribution in [3.05, 3.63) is 5.01 Å². The third-order valence-electron chi connectivity index (χ3n) is 0.883. The number of hydrogen-bond acceptors (Lipinski definition) is 5. The van der Waals surface area contributed by atoms with Gasteiger partial charge in [-0.3, -0.25) is 4.79 Å². The second-order valence-electron chi connectivity index (χ2n) is 1.91. The van der Waals surface area contributed by atoms with Gasteiger partial charge in [-0.15, -0.1) is 10.2 Å². The molecular weight excluding hydrogens is 150 g/mol. The van der Waals surface area contributed by atoms with E-state index in [0.29, 0.717) is 16.6 Å². The average Bonchev–Trinajstić information content (AvgIpc) is 2.13. The highest BCUT2D eigenvalue weighted by Gasteiger charge is 2.02. The first-order chi connectivity index (χ1) is 4.68. The smallest absolute Gasteiger partial charge is 0.203 e. The van der Waals surface area contributed by atoms with E-state index in [-0.39, 0.29) is 5.78 Å². The number of Topliss-reactive ketones (excluding diaryl/α,β-unsaturated/α-hetero) is 1. The molecule has 1 heterocycles. The third-order valence-corrected chi connectivity index (χ3v) is 1.64. The lowest BCUT2D eigenvalue weighted by Gasteiger charge is -1.83. The van der Waals surface area contributed by atoms with Crippen LogP contribution in [-0.4, -0.2) is 16.0 Å². The maximum absolute atomic E-state index is 10.5. The molecule has 0 atom stereocenters. The van der Waals surface area contributed by atoms with Crippen molar-refractivity contribution in [1.29, 1.82) is 0 Å². The minimum atomic E-state index is 0.0798. The van der Waals surface area contributed by atoms with E-state index < -0.39 is 0 Å². The lowest BCUT2D eigenvalue weighted by atomic mass is 10.3. The van der Waals surface area contributed by atoms with E-state index in [2.05, 4.69) is 10.2 Å². The van der Waals surface area contributed by atoms with Gasteiger partial charge in [-0.05, 0) is 6.92 Å². The summed E-state index contributed by atoms with van der Waals surface area (Å²) in [6.45, 7) is 1.51. The summed E-state index contributed by atoms with van der Waals surface area (Å²) in [6.07, 6.45) is 0.342. The summed E-state index contributed by atoms with van der Waals surface area (Å²) in [5.74, 6) is 0.0798. The molecule has 10 heavy (non-hydrogen) atoms. The number of ketones is 1. The van der Waals surface area contributed by atoms with Crippen molar-refractivity contribution >= 4 is 22.3 Å². The van der Waals surface area contributed by atoms with Gasteiger partial charge >= 0.3 is 0 Å². The maximum Gasteiger partial charge on any atom is 0.203 e. The Morgan fingerprint density at radius 3 is 2.80 bits per heavy atom. The molecule has 54 valence electrons. The molecule has 0 aromatic carbocycles. The van der Waals surface area contributed by atoms with Gasteiger partial charge in [-0.2, -0.15) is 0 Å². The Labute approximate surface area is 62.1 Å². The summed E-state index contributed by atoms with van der Waals surface area (Å²) in [7, 11) is 0. The van der Waals surface area contributed by atoms with Gasteiger partial charge in [0.05, 0.1) is 6.42 Å². The molecule has 0 bridgehead atoms. The Bertz CT molecular complexity index is 245. The van der Waals surface area contributed by atoms with Crippen LogP contribution in [0.2, 0.25) is 0 Å². The van der Waals surface area contributed by atoms with Crippen molar-refractivity contribution in [2.24, 2.45) is 0 Å². The molecule has 1 aromatic rings. The van der Waals surface area contributed by atoms with Crippen molar-refractivity contribution in [1.82, 2.24) is 10.2 Å². The quantitative estimate of drug-likeness (QED) is 0.668. The number of nitrogen functional groups attached to an aromatic ring is 1. The van der Waals surface area contributed by atoms with E-state index in [4.69, 9.17) is 5.73 Å². The van der Waals surface area contributed by atoms with Crippen molar-refractivity contribution in [2.75, 3.05) is 5.73 Å². The van der Waals surface area contributed by atoms with Gasteiger partial charge in [0.15, 0.2) is 0 Å². The fraction of sp³-hybridized carbons (Fsp3) is 0.400. The molecule has 0 spiro atoms. The molecule has 0 aliphatic rings. The van der Waals surface area contributed by atoms with Crippen LogP contribution < -0.4 is 5.73 Å². The normalized spacial score (nSPS) is 9.70. The fourth-order valence-electron chi connectivity index (χ4n) is 0.551. The van der Waals surface area contributed by atoms with Crippen molar-refractivity contribution in [3.63, 3.8) is 0 Å². The van der Waals surface area contributed by atoms with E-state index >= 15 is 0 Å². The minimum Gasteiger partial charge on any atom is -0.374 e. The highest BCUT2D eigenvalue weighted by molar-refractivity contribution is 7.15. The Morgan fingerprint density at radius 2 is 2.40 bits per heavy atom. The van der Waals surface area contributed by atoms with Crippen LogP contribution in [0.5, 0.6) is 0 Å². The summed E-state index contributed by atoms with van der Waals surface area (Å²) < 4.78 is 0. The summed E-state index contributed by atoms with van der Waals surface area (Å²) in [5, 5.41) is 8.34. The topological polar surface area (TPSA) is 68.9 Å². The number of rotatable bonds is 2. The monoisotopic (exact) mass is 157 g/mol. The van der Waals surface area contributed by atoms with E-state index in [0.717, 1.165) is 0 Å². The molecule has 0 saturated carbocycles. The lowest BCUT2D eigenvalue weighted by Crippen LogP contribution is -1.94. The first-order valence-electron chi connectivity index (χ1n) is 2.76. The molecule has 5 heteroatoms. The Kier molecular flexibility index (Phi) is 1.96. The highest BCUT2D eigenvalue weighted by atomic mass is 32.1. The van der Waals surface area contributed by atoms with Gasteiger partial charge < -0.3 is 5.73 Å². The molecule has 2 N–H and O–H groups in total. The van der Waals surface area contributed by atoms with Crippen LogP contribution in [0.25, 0.3) is 0 Å². The molecule has 0 amide bonds. The van der Waals surface area contributed by atoms with E-state index in [1.807, 2.05) is 0 Å². The molecule has 0 aliphatic heterocycles. The molecule has 0 aliphatic carbocycles. The van der Waals surface area contributed by atoms with Crippen LogP contribution in [-0.2, 0) is 11.2 Å². The van der Waals surface area contributed by atoms with Crippen LogP contribution >= 0.6 is 11.3 Å². The van der Waals surface area contributed by atoms with Crippen LogP contribution in [0, 0.1) is 0 Å². The van der Waals surface area contributed by atoms with Crippen LogP contribution in [0.3, 0.4) is 0 Å². The summed E-state index contributed by atoms with van der Waals surface area (Å²) in [5.41, 5.74) is 5.29. The van der Waals surface area contributed by atoms with Crippen LogP contribution in [0.4, 0.5) is 5.13 Å². The minimum absolute atomic E-state index is 0.0798. The number of carbonyl (C=O) groups is 1. The first-order valence-corrected chi connectivity index (χ1v) is 3.57. The van der Waals surface area contributed by atoms with Crippen LogP contribution in [0.1, 0.15) is 11.9 Å². The van der Waals surface area contributed by atoms with Gasteiger partial charge in [-0.1, -0.05) is 11.3 Å². The number of anilines is 1. The second kappa shape index (κ2) is 2.74. The largest absolute Gasteiger partial charge is 0.374 e. The third kappa shape index (κ3) is 1.77. The first kappa shape index (κ1) is 7.14. The zero-order chi connectivity index (χ0) is 7.56. The second-order valence-corrected chi connectivity index (χ2v) is 3.01. The van der Waals surface area contributed by atoms with E-state index in [9.17, 15) is 4.79 Å². The zero-order valence-electron chi connectivity index (χ0n) is 5.50. The van der Waals surface area contributed by atoms with Crippen molar-refractivity contribution in [2.45, 2.75) is 13.3 Å². The van der Waals surface area contributed by atoms with Crippen molar-refractivity contribution < 1.29 is 4.79 Å². The average molecular weight is 157 g/mol. The predicted molar refractivity (Wildman–Crippen MR) is 38.7 cm³/mol. The molecule has 0 saturated heterocycles. The number of carbonyl (C=O) groups excluding carboxylic acids is 1. The van der Waals surface area contributed by atoms with Crippen molar-refractivity contribution in [3.8, 4) is 0 Å². The summed E-state index contributed by atoms with van der Waals surface area (Å²) in [4.78, 5) is 10.5. The predicted octanol–water partition coefficient (Wildman–Crippen LogP) is 0.252. The van der Waals surface area contributed by atoms with Crippen LogP contribution in [0.15, 0.2) is 0 Å². The van der Waals surface area contributed by atoms with E-state index in [1.165, 1.54) is 18.3 Å².